The van der Waals surface area contributed by atoms with Gasteiger partial charge in [-0.2, -0.15) is 15.1 Å². The van der Waals surface area contributed by atoms with Crippen molar-refractivity contribution >= 4 is 34.9 Å². The number of imidazole rings is 1. The molecule has 3 aromatic rings. The first kappa shape index (κ1) is 26.7. The molecule has 0 aromatic carbocycles. The molecule has 3 aromatic heterocycles. The normalized spacial score (nSPS) is 17.8. The van der Waals surface area contributed by atoms with Crippen molar-refractivity contribution in [3.05, 3.63) is 18.7 Å². The van der Waals surface area contributed by atoms with Crippen LogP contribution in [0.2, 0.25) is 0 Å². The molecule has 0 spiro atoms. The molecule has 0 saturated carbocycles. The van der Waals surface area contributed by atoms with Crippen molar-refractivity contribution in [3.63, 3.8) is 0 Å². The molecule has 2 aliphatic heterocycles. The maximum atomic E-state index is 12.9. The molecule has 0 aliphatic carbocycles. The van der Waals surface area contributed by atoms with Gasteiger partial charge in [-0.15, -0.1) is 0 Å². The van der Waals surface area contributed by atoms with Crippen LogP contribution in [-0.4, -0.2) is 105 Å². The van der Waals surface area contributed by atoms with Crippen LogP contribution in [0.1, 0.15) is 32.6 Å². The zero-order valence-corrected chi connectivity index (χ0v) is 22.5. The fourth-order valence-corrected chi connectivity index (χ4v) is 4.74. The van der Waals surface area contributed by atoms with Crippen molar-refractivity contribution in [2.75, 3.05) is 62.8 Å². The summed E-state index contributed by atoms with van der Waals surface area (Å²) in [7, 11) is 1.85. The van der Waals surface area contributed by atoms with Gasteiger partial charge in [-0.3, -0.25) is 14.0 Å². The third kappa shape index (κ3) is 6.38. The Morgan fingerprint density at radius 3 is 2.82 bits per heavy atom. The highest BCUT2D eigenvalue weighted by Crippen LogP contribution is 2.25. The molecular weight excluding hydrogens is 504 g/mol. The molecule has 1 atom stereocenters. The molecular formula is C25H36N10O4. The molecule has 210 valence electrons. The summed E-state index contributed by atoms with van der Waals surface area (Å²) in [5.74, 6) is 0.834. The number of anilines is 2. The number of nitrogens with zero attached hydrogens (tertiary/aromatic N) is 8. The molecule has 39 heavy (non-hydrogen) atoms. The van der Waals surface area contributed by atoms with Gasteiger partial charge in [0.1, 0.15) is 6.33 Å². The number of carbonyl (C=O) groups excluding carboxylic acids is 2. The minimum atomic E-state index is -0.316. The maximum Gasteiger partial charge on any atom is 0.409 e. The molecule has 2 fully saturated rings. The van der Waals surface area contributed by atoms with E-state index in [1.54, 1.807) is 22.1 Å². The molecule has 5 heterocycles. The van der Waals surface area contributed by atoms with Crippen LogP contribution < -0.4 is 15.5 Å². The van der Waals surface area contributed by atoms with E-state index in [-0.39, 0.29) is 24.6 Å². The van der Waals surface area contributed by atoms with Gasteiger partial charge in [0.2, 0.25) is 11.9 Å². The number of fused-ring (bicyclic) bond motifs is 1. The number of carbonyl (C=O) groups is 2. The smallest absolute Gasteiger partial charge is 0.409 e. The van der Waals surface area contributed by atoms with Crippen molar-refractivity contribution in [2.45, 2.75) is 38.6 Å². The zero-order chi connectivity index (χ0) is 27.2. The first-order valence-electron chi connectivity index (χ1n) is 13.5. The van der Waals surface area contributed by atoms with Gasteiger partial charge in [-0.1, -0.05) is 13.3 Å². The van der Waals surface area contributed by atoms with Gasteiger partial charge in [-0.05, 0) is 19.3 Å². The van der Waals surface area contributed by atoms with E-state index in [1.807, 2.05) is 17.8 Å². The number of amides is 2. The van der Waals surface area contributed by atoms with Crippen molar-refractivity contribution in [1.29, 1.82) is 0 Å². The van der Waals surface area contributed by atoms with E-state index in [0.717, 1.165) is 31.4 Å². The largest absolute Gasteiger partial charge is 0.449 e. The number of aromatic nitrogens is 6. The van der Waals surface area contributed by atoms with E-state index in [9.17, 15) is 9.59 Å². The van der Waals surface area contributed by atoms with Gasteiger partial charge in [-0.25, -0.2) is 9.78 Å². The maximum absolute atomic E-state index is 12.9. The van der Waals surface area contributed by atoms with Crippen molar-refractivity contribution in [2.24, 2.45) is 7.05 Å². The molecule has 2 amide bonds. The first-order valence-corrected chi connectivity index (χ1v) is 13.5. The number of hydrogen-bond acceptors (Lipinski definition) is 10. The second kappa shape index (κ2) is 12.3. The number of likely N-dealkylation sites (tertiary alicyclic amines) is 1. The van der Waals surface area contributed by atoms with E-state index >= 15 is 0 Å². The Bertz CT molecular complexity index is 1290. The number of nitrogens with one attached hydrogen (secondary N) is 2. The van der Waals surface area contributed by atoms with Gasteiger partial charge >= 0.3 is 6.09 Å². The summed E-state index contributed by atoms with van der Waals surface area (Å²) < 4.78 is 14.4. The molecule has 2 N–H and O–H groups in total. The summed E-state index contributed by atoms with van der Waals surface area (Å²) in [6, 6.07) is -0.133. The van der Waals surface area contributed by atoms with Gasteiger partial charge in [0, 0.05) is 45.5 Å². The van der Waals surface area contributed by atoms with Crippen LogP contribution in [0.25, 0.3) is 16.9 Å². The van der Waals surface area contributed by atoms with Crippen LogP contribution in [0.3, 0.4) is 0 Å². The summed E-state index contributed by atoms with van der Waals surface area (Å²) in [6.07, 6.45) is 8.41. The average molecular weight is 541 g/mol. The van der Waals surface area contributed by atoms with Crippen LogP contribution >= 0.6 is 0 Å². The van der Waals surface area contributed by atoms with Crippen molar-refractivity contribution < 1.29 is 19.1 Å². The number of aryl methyl sites for hydroxylation is 1. The molecule has 2 saturated heterocycles. The molecule has 5 rings (SSSR count). The van der Waals surface area contributed by atoms with Gasteiger partial charge < -0.3 is 29.9 Å². The summed E-state index contributed by atoms with van der Waals surface area (Å²) in [6.45, 7) is 6.09. The molecule has 0 unspecified atom stereocenters. The molecule has 2 aliphatic rings. The van der Waals surface area contributed by atoms with Crippen LogP contribution in [0.15, 0.2) is 18.7 Å². The topological polar surface area (TPSA) is 145 Å². The Labute approximate surface area is 226 Å². The highest BCUT2D eigenvalue weighted by molar-refractivity contribution is 5.88. The van der Waals surface area contributed by atoms with E-state index < -0.39 is 0 Å². The van der Waals surface area contributed by atoms with Gasteiger partial charge in [0.15, 0.2) is 17.0 Å². The lowest BCUT2D eigenvalue weighted by atomic mass is 10.1. The predicted molar refractivity (Wildman–Crippen MR) is 144 cm³/mol. The van der Waals surface area contributed by atoms with Crippen LogP contribution in [0.5, 0.6) is 0 Å². The molecule has 0 radical (unpaired) electrons. The minimum Gasteiger partial charge on any atom is -0.449 e. The van der Waals surface area contributed by atoms with E-state index in [1.165, 1.54) is 0 Å². The zero-order valence-electron chi connectivity index (χ0n) is 22.5. The quantitative estimate of drug-likeness (QED) is 0.381. The molecule has 14 heteroatoms. The van der Waals surface area contributed by atoms with Crippen molar-refractivity contribution in [1.82, 2.24) is 39.5 Å². The van der Waals surface area contributed by atoms with E-state index in [2.05, 4.69) is 32.5 Å². The Kier molecular flexibility index (Phi) is 8.39. The Morgan fingerprint density at radius 1 is 1.21 bits per heavy atom. The standard InChI is InChI=1S/C25H36N10O4/c1-3-4-10-39-25(37)34-7-5-6-18(15-34)29-20(36)14-26-22-21-23(31-24(30-22)33-8-11-38-12-9-33)35(17-27-21)19-13-28-32(2)16-19/h13,16-18H,3-12,14-15H2,1-2H3,(H,29,36)(H,26,30,31)/t18-/m0/s1. The highest BCUT2D eigenvalue weighted by atomic mass is 16.6. The number of ether oxygens (including phenoxy) is 2. The summed E-state index contributed by atoms with van der Waals surface area (Å²) in [5.41, 5.74) is 2.00. The predicted octanol–water partition coefficient (Wildman–Crippen LogP) is 1.31. The lowest BCUT2D eigenvalue weighted by molar-refractivity contribution is -0.120. The van der Waals surface area contributed by atoms with Crippen LogP contribution in [-0.2, 0) is 21.3 Å². The number of hydrogen-bond donors (Lipinski definition) is 2. The monoisotopic (exact) mass is 540 g/mol. The van der Waals surface area contributed by atoms with E-state index in [4.69, 9.17) is 19.4 Å². The second-order valence-electron chi connectivity index (χ2n) is 9.80. The Balaban J connectivity index is 1.28. The molecule has 0 bridgehead atoms. The second-order valence-corrected chi connectivity index (χ2v) is 9.80. The Morgan fingerprint density at radius 2 is 2.05 bits per heavy atom. The molecule has 14 nitrogen and oxygen atoms in total. The SMILES string of the molecule is CCCCOC(=O)N1CCC[C@H](NC(=O)CNc2nc(N3CCOCC3)nc3c2ncn3-c2cnn(C)c2)C1. The fraction of sp³-hybridized carbons (Fsp3) is 0.600. The third-order valence-electron chi connectivity index (χ3n) is 6.83. The summed E-state index contributed by atoms with van der Waals surface area (Å²) in [5, 5.41) is 10.5. The summed E-state index contributed by atoms with van der Waals surface area (Å²) in [4.78, 5) is 43.1. The van der Waals surface area contributed by atoms with E-state index in [0.29, 0.717) is 68.9 Å². The number of piperidine rings is 1. The number of rotatable bonds is 9. The Hall–Kier alpha value is -3.94. The van der Waals surface area contributed by atoms with Gasteiger partial charge in [0.05, 0.1) is 38.2 Å². The van der Waals surface area contributed by atoms with Crippen LogP contribution in [0.4, 0.5) is 16.6 Å². The summed E-state index contributed by atoms with van der Waals surface area (Å²) >= 11 is 0. The third-order valence-corrected chi connectivity index (χ3v) is 6.83. The van der Waals surface area contributed by atoms with Crippen molar-refractivity contribution in [3.8, 4) is 5.69 Å². The lowest BCUT2D eigenvalue weighted by Gasteiger charge is -2.32. The first-order chi connectivity index (χ1) is 19.0. The highest BCUT2D eigenvalue weighted by Gasteiger charge is 2.26. The average Bonchev–Trinajstić information content (AvgIpc) is 3.58. The number of morpholine rings is 1. The van der Waals surface area contributed by atoms with Gasteiger partial charge in [0.25, 0.3) is 0 Å². The lowest BCUT2D eigenvalue weighted by Crippen LogP contribution is -2.50. The minimum absolute atomic E-state index is 0.00582. The number of unbranched alkanes of at least 4 members (excludes halogenated alkanes) is 1. The fourth-order valence-electron chi connectivity index (χ4n) is 4.74. The van der Waals surface area contributed by atoms with Crippen LogP contribution in [0, 0.1) is 0 Å².